The number of rotatable bonds is 6. The van der Waals surface area contributed by atoms with Gasteiger partial charge < -0.3 is 15.7 Å². The number of aliphatic hydroxyl groups is 1. The number of hydrogen-bond donors (Lipinski definition) is 4. The van der Waals surface area contributed by atoms with Crippen molar-refractivity contribution < 1.29 is 18.3 Å². The third-order valence-corrected chi connectivity index (χ3v) is 4.25. The van der Waals surface area contributed by atoms with Gasteiger partial charge in [0.05, 0.1) is 17.5 Å². The second-order valence-electron chi connectivity index (χ2n) is 5.24. The summed E-state index contributed by atoms with van der Waals surface area (Å²) in [7, 11) is -3.77. The highest BCUT2D eigenvalue weighted by Crippen LogP contribution is 2.12. The Labute approximate surface area is 140 Å². The third-order valence-electron chi connectivity index (χ3n) is 3.32. The maximum Gasteiger partial charge on any atom is 0.319 e. The zero-order chi connectivity index (χ0) is 17.6. The fraction of sp³-hybridized carbons (Fsp3) is 0.188. The second kappa shape index (κ2) is 7.91. The van der Waals surface area contributed by atoms with Crippen LogP contribution in [0.3, 0.4) is 0 Å². The standard InChI is InChI=1S/C16H19N3O4S/c17-24(22,23)15-8-6-13(7-9-15)18-16(21)19-14(11-20)10-12-4-2-1-3-5-12/h1-9,14,20H,10-11H2,(H2,17,22,23)(H2,18,19,21)/t14-/m0/s1. The van der Waals surface area contributed by atoms with Crippen molar-refractivity contribution in [3.05, 3.63) is 60.2 Å². The fourth-order valence-electron chi connectivity index (χ4n) is 2.14. The van der Waals surface area contributed by atoms with Crippen LogP contribution in [0.25, 0.3) is 0 Å². The molecule has 2 aromatic rings. The van der Waals surface area contributed by atoms with Crippen LogP contribution in [-0.2, 0) is 16.4 Å². The monoisotopic (exact) mass is 349 g/mol. The quantitative estimate of drug-likeness (QED) is 0.623. The molecule has 0 saturated carbocycles. The van der Waals surface area contributed by atoms with Crippen LogP contribution in [0.5, 0.6) is 0 Å². The molecule has 0 unspecified atom stereocenters. The van der Waals surface area contributed by atoms with Gasteiger partial charge in [-0.15, -0.1) is 0 Å². The molecular weight excluding hydrogens is 330 g/mol. The Hall–Kier alpha value is -2.42. The van der Waals surface area contributed by atoms with E-state index in [9.17, 15) is 18.3 Å². The number of carbonyl (C=O) groups excluding carboxylic acids is 1. The van der Waals surface area contributed by atoms with Gasteiger partial charge in [-0.25, -0.2) is 18.4 Å². The van der Waals surface area contributed by atoms with Crippen LogP contribution in [0.4, 0.5) is 10.5 Å². The molecule has 0 aliphatic heterocycles. The Balaban J connectivity index is 1.94. The highest BCUT2D eigenvalue weighted by atomic mass is 32.2. The summed E-state index contributed by atoms with van der Waals surface area (Å²) in [5, 5.41) is 19.7. The summed E-state index contributed by atoms with van der Waals surface area (Å²) in [5.74, 6) is 0. The number of aliphatic hydroxyl groups excluding tert-OH is 1. The summed E-state index contributed by atoms with van der Waals surface area (Å²) in [5.41, 5.74) is 1.41. The number of benzene rings is 2. The van der Waals surface area contributed by atoms with E-state index < -0.39 is 22.1 Å². The van der Waals surface area contributed by atoms with E-state index in [-0.39, 0.29) is 11.5 Å². The number of nitrogens with two attached hydrogens (primary N) is 1. The molecule has 7 nitrogen and oxygen atoms in total. The van der Waals surface area contributed by atoms with Crippen LogP contribution in [-0.4, -0.2) is 32.2 Å². The predicted octanol–water partition coefficient (Wildman–Crippen LogP) is 1.06. The van der Waals surface area contributed by atoms with Crippen molar-refractivity contribution >= 4 is 21.7 Å². The number of hydrogen-bond acceptors (Lipinski definition) is 4. The SMILES string of the molecule is NS(=O)(=O)c1ccc(NC(=O)N[C@H](CO)Cc2ccccc2)cc1. The van der Waals surface area contributed by atoms with Gasteiger partial charge in [0, 0.05) is 5.69 Å². The van der Waals surface area contributed by atoms with Crippen molar-refractivity contribution in [3.8, 4) is 0 Å². The third kappa shape index (κ3) is 5.34. The number of sulfonamides is 1. The predicted molar refractivity (Wildman–Crippen MR) is 91.0 cm³/mol. The van der Waals surface area contributed by atoms with Gasteiger partial charge >= 0.3 is 6.03 Å². The molecule has 0 aliphatic carbocycles. The highest BCUT2D eigenvalue weighted by Gasteiger charge is 2.13. The second-order valence-corrected chi connectivity index (χ2v) is 6.80. The number of carbonyl (C=O) groups is 1. The molecular formula is C16H19N3O4S. The molecule has 2 rings (SSSR count). The number of amides is 2. The van der Waals surface area contributed by atoms with Gasteiger partial charge in [0.25, 0.3) is 0 Å². The topological polar surface area (TPSA) is 122 Å². The van der Waals surface area contributed by atoms with Crippen molar-refractivity contribution in [1.29, 1.82) is 0 Å². The molecule has 2 aromatic carbocycles. The molecule has 0 bridgehead atoms. The van der Waals surface area contributed by atoms with Crippen LogP contribution in [0.1, 0.15) is 5.56 Å². The Bertz CT molecular complexity index is 777. The van der Waals surface area contributed by atoms with Gasteiger partial charge in [-0.1, -0.05) is 30.3 Å². The lowest BCUT2D eigenvalue weighted by atomic mass is 10.1. The molecule has 0 saturated heterocycles. The molecule has 0 heterocycles. The van der Waals surface area contributed by atoms with Crippen molar-refractivity contribution in [2.75, 3.05) is 11.9 Å². The summed E-state index contributed by atoms with van der Waals surface area (Å²) in [6, 6.07) is 14.0. The van der Waals surface area contributed by atoms with Crippen molar-refractivity contribution in [2.45, 2.75) is 17.4 Å². The minimum Gasteiger partial charge on any atom is -0.394 e. The summed E-state index contributed by atoms with van der Waals surface area (Å²) in [4.78, 5) is 11.9. The lowest BCUT2D eigenvalue weighted by Crippen LogP contribution is -2.41. The Morgan fingerprint density at radius 2 is 1.71 bits per heavy atom. The lowest BCUT2D eigenvalue weighted by Gasteiger charge is -2.17. The maximum absolute atomic E-state index is 12.0. The highest BCUT2D eigenvalue weighted by molar-refractivity contribution is 7.89. The van der Waals surface area contributed by atoms with Crippen LogP contribution in [0, 0.1) is 0 Å². The largest absolute Gasteiger partial charge is 0.394 e. The summed E-state index contributed by atoms with van der Waals surface area (Å²) in [6.45, 7) is -0.202. The van der Waals surface area contributed by atoms with Gasteiger partial charge in [-0.2, -0.15) is 0 Å². The fourth-order valence-corrected chi connectivity index (χ4v) is 2.66. The maximum atomic E-state index is 12.0. The van der Waals surface area contributed by atoms with E-state index in [1.807, 2.05) is 30.3 Å². The number of anilines is 1. The minimum atomic E-state index is -3.77. The van der Waals surface area contributed by atoms with E-state index in [1.165, 1.54) is 24.3 Å². The first-order chi connectivity index (χ1) is 11.4. The summed E-state index contributed by atoms with van der Waals surface area (Å²) >= 11 is 0. The molecule has 0 aliphatic rings. The molecule has 0 aromatic heterocycles. The van der Waals surface area contributed by atoms with Crippen LogP contribution < -0.4 is 15.8 Å². The summed E-state index contributed by atoms with van der Waals surface area (Å²) < 4.78 is 22.3. The van der Waals surface area contributed by atoms with Crippen molar-refractivity contribution in [3.63, 3.8) is 0 Å². The first-order valence-corrected chi connectivity index (χ1v) is 8.78. The lowest BCUT2D eigenvalue weighted by molar-refractivity contribution is 0.224. The van der Waals surface area contributed by atoms with E-state index in [2.05, 4.69) is 10.6 Å². The minimum absolute atomic E-state index is 0.0363. The molecule has 0 fully saturated rings. The Kier molecular flexibility index (Phi) is 5.91. The Morgan fingerprint density at radius 1 is 1.08 bits per heavy atom. The van der Waals surface area contributed by atoms with E-state index in [4.69, 9.17) is 5.14 Å². The molecule has 128 valence electrons. The van der Waals surface area contributed by atoms with E-state index in [0.29, 0.717) is 12.1 Å². The first-order valence-electron chi connectivity index (χ1n) is 7.23. The van der Waals surface area contributed by atoms with E-state index in [0.717, 1.165) is 5.56 Å². The van der Waals surface area contributed by atoms with Gasteiger partial charge in [0.15, 0.2) is 0 Å². The average Bonchev–Trinajstić information content (AvgIpc) is 2.54. The molecule has 24 heavy (non-hydrogen) atoms. The van der Waals surface area contributed by atoms with E-state index in [1.54, 1.807) is 0 Å². The zero-order valence-corrected chi connectivity index (χ0v) is 13.7. The molecule has 1 atom stereocenters. The van der Waals surface area contributed by atoms with Crippen LogP contribution in [0.15, 0.2) is 59.5 Å². The first kappa shape index (κ1) is 17.9. The number of primary sulfonamides is 1. The van der Waals surface area contributed by atoms with Gasteiger partial charge in [0.1, 0.15) is 0 Å². The average molecular weight is 349 g/mol. The van der Waals surface area contributed by atoms with Crippen molar-refractivity contribution in [1.82, 2.24) is 5.32 Å². The molecule has 5 N–H and O–H groups in total. The summed E-state index contributed by atoms with van der Waals surface area (Å²) in [6.07, 6.45) is 0.495. The number of nitrogens with one attached hydrogen (secondary N) is 2. The van der Waals surface area contributed by atoms with E-state index >= 15 is 0 Å². The molecule has 8 heteroatoms. The van der Waals surface area contributed by atoms with Gasteiger partial charge in [-0.05, 0) is 36.2 Å². The normalized spacial score (nSPS) is 12.4. The smallest absolute Gasteiger partial charge is 0.319 e. The number of urea groups is 1. The molecule has 0 spiro atoms. The zero-order valence-electron chi connectivity index (χ0n) is 12.8. The van der Waals surface area contributed by atoms with Crippen molar-refractivity contribution in [2.24, 2.45) is 5.14 Å². The molecule has 2 amide bonds. The van der Waals surface area contributed by atoms with Gasteiger partial charge in [0.2, 0.25) is 10.0 Å². The van der Waals surface area contributed by atoms with Crippen LogP contribution in [0.2, 0.25) is 0 Å². The van der Waals surface area contributed by atoms with Crippen LogP contribution >= 0.6 is 0 Å². The Morgan fingerprint density at radius 3 is 2.25 bits per heavy atom. The van der Waals surface area contributed by atoms with Gasteiger partial charge in [-0.3, -0.25) is 0 Å². The molecule has 0 radical (unpaired) electrons.